The zero-order valence-electron chi connectivity index (χ0n) is 9.96. The van der Waals surface area contributed by atoms with Gasteiger partial charge in [-0.25, -0.2) is 0 Å². The van der Waals surface area contributed by atoms with Crippen molar-refractivity contribution in [3.05, 3.63) is 60.9 Å². The molecule has 0 aliphatic carbocycles. The lowest BCUT2D eigenvalue weighted by Gasteiger charge is -2.15. The third-order valence-corrected chi connectivity index (χ3v) is 5.05. The minimum absolute atomic E-state index is 0.234. The van der Waals surface area contributed by atoms with Crippen molar-refractivity contribution in [3.63, 3.8) is 0 Å². The second kappa shape index (κ2) is 6.61. The first-order valence-electron chi connectivity index (χ1n) is 5.45. The molecule has 0 saturated heterocycles. The van der Waals surface area contributed by atoms with Crippen LogP contribution in [0.4, 0.5) is 0 Å². The van der Waals surface area contributed by atoms with Crippen molar-refractivity contribution in [3.8, 4) is 5.75 Å². The van der Waals surface area contributed by atoms with Gasteiger partial charge < -0.3 is 4.74 Å². The number of ether oxygens (including phenoxy) is 1. The third-order valence-electron chi connectivity index (χ3n) is 2.72. The molecule has 1 nitrogen and oxygen atoms in total. The van der Waals surface area contributed by atoms with E-state index in [1.807, 2.05) is 36.4 Å². The monoisotopic (exact) mass is 466 g/mol. The molecule has 19 heavy (non-hydrogen) atoms. The minimum Gasteiger partial charge on any atom is -0.497 e. The molecule has 0 aliphatic rings. The van der Waals surface area contributed by atoms with E-state index >= 15 is 0 Å². The summed E-state index contributed by atoms with van der Waals surface area (Å²) in [6.45, 7) is 0. The van der Waals surface area contributed by atoms with Gasteiger partial charge in [0.1, 0.15) is 5.75 Å². The van der Waals surface area contributed by atoms with Crippen LogP contribution in [0.25, 0.3) is 0 Å². The molecule has 0 aromatic heterocycles. The quantitative estimate of drug-likeness (QED) is 0.479. The molecule has 0 radical (unpaired) electrons. The van der Waals surface area contributed by atoms with Crippen LogP contribution in [0.5, 0.6) is 5.75 Å². The molecule has 5 heteroatoms. The molecule has 0 spiro atoms. The molecule has 2 aromatic carbocycles. The highest BCUT2D eigenvalue weighted by atomic mass is 79.9. The molecule has 0 bridgehead atoms. The summed E-state index contributed by atoms with van der Waals surface area (Å²) < 4.78 is 8.11. The Labute approximate surface area is 142 Å². The number of alkyl halides is 1. The second-order valence-corrected chi connectivity index (χ2v) is 6.98. The minimum atomic E-state index is -0.234. The number of benzene rings is 2. The van der Waals surface area contributed by atoms with E-state index in [1.165, 1.54) is 0 Å². The summed E-state index contributed by atoms with van der Waals surface area (Å²) >= 11 is 17.1. The molecule has 1 atom stereocenters. The van der Waals surface area contributed by atoms with Gasteiger partial charge in [0.25, 0.3) is 0 Å². The van der Waals surface area contributed by atoms with E-state index in [2.05, 4.69) is 47.8 Å². The molecule has 100 valence electrons. The van der Waals surface area contributed by atoms with E-state index < -0.39 is 0 Å². The summed E-state index contributed by atoms with van der Waals surface area (Å²) in [5, 5.41) is -0.234. The van der Waals surface area contributed by atoms with Crippen molar-refractivity contribution in [2.45, 2.75) is 5.38 Å². The summed E-state index contributed by atoms with van der Waals surface area (Å²) in [4.78, 5) is 0. The van der Waals surface area contributed by atoms with Crippen LogP contribution in [0, 0.1) is 0 Å². The van der Waals surface area contributed by atoms with Crippen LogP contribution >= 0.6 is 59.4 Å². The Bertz CT molecular complexity index is 601. The molecule has 0 N–H and O–H groups in total. The lowest BCUT2D eigenvalue weighted by molar-refractivity contribution is 0.414. The van der Waals surface area contributed by atoms with E-state index in [-0.39, 0.29) is 5.38 Å². The van der Waals surface area contributed by atoms with Gasteiger partial charge in [-0.3, -0.25) is 0 Å². The number of rotatable bonds is 3. The first-order chi connectivity index (χ1) is 9.02. The maximum atomic E-state index is 6.57. The van der Waals surface area contributed by atoms with Crippen LogP contribution in [-0.2, 0) is 0 Å². The first-order valence-corrected chi connectivity index (χ1v) is 8.27. The first kappa shape index (κ1) is 15.4. The van der Waals surface area contributed by atoms with Gasteiger partial charge in [0.2, 0.25) is 0 Å². The zero-order chi connectivity index (χ0) is 14.0. The van der Waals surface area contributed by atoms with E-state index in [4.69, 9.17) is 16.3 Å². The summed E-state index contributed by atoms with van der Waals surface area (Å²) in [6.07, 6.45) is 0. The van der Waals surface area contributed by atoms with Gasteiger partial charge in [0, 0.05) is 13.4 Å². The van der Waals surface area contributed by atoms with Crippen molar-refractivity contribution < 1.29 is 4.74 Å². The average Bonchev–Trinajstić information content (AvgIpc) is 2.37. The summed E-state index contributed by atoms with van der Waals surface area (Å²) in [5.74, 6) is 0.800. The lowest BCUT2D eigenvalue weighted by atomic mass is 10.0. The highest BCUT2D eigenvalue weighted by Gasteiger charge is 2.17. The molecule has 0 amide bonds. The Kier molecular flexibility index (Phi) is 5.35. The van der Waals surface area contributed by atoms with Gasteiger partial charge >= 0.3 is 0 Å². The van der Waals surface area contributed by atoms with Crippen LogP contribution in [-0.4, -0.2) is 7.11 Å². The van der Waals surface area contributed by atoms with Gasteiger partial charge in [0.15, 0.2) is 0 Å². The van der Waals surface area contributed by atoms with Crippen molar-refractivity contribution >= 4 is 59.4 Å². The summed E-state index contributed by atoms with van der Waals surface area (Å²) in [6, 6.07) is 11.8. The van der Waals surface area contributed by atoms with Crippen molar-refractivity contribution in [2.24, 2.45) is 0 Å². The lowest BCUT2D eigenvalue weighted by Crippen LogP contribution is -1.96. The molecule has 0 fully saturated rings. The topological polar surface area (TPSA) is 9.23 Å². The smallest absolute Gasteiger partial charge is 0.120 e. The maximum absolute atomic E-state index is 6.57. The predicted molar refractivity (Wildman–Crippen MR) is 90.2 cm³/mol. The van der Waals surface area contributed by atoms with Crippen LogP contribution < -0.4 is 4.74 Å². The Morgan fingerprint density at radius 3 is 2.05 bits per heavy atom. The number of methoxy groups -OCH3 is 1. The number of hydrogen-bond donors (Lipinski definition) is 0. The fourth-order valence-corrected chi connectivity index (χ4v) is 4.22. The molecule has 0 saturated carbocycles. The van der Waals surface area contributed by atoms with Crippen LogP contribution in [0.1, 0.15) is 16.5 Å². The van der Waals surface area contributed by atoms with E-state index in [0.29, 0.717) is 0 Å². The zero-order valence-corrected chi connectivity index (χ0v) is 15.5. The molecule has 0 heterocycles. The van der Waals surface area contributed by atoms with Gasteiger partial charge in [-0.1, -0.05) is 59.9 Å². The molecule has 0 aliphatic heterocycles. The van der Waals surface area contributed by atoms with Gasteiger partial charge in [0.05, 0.1) is 12.5 Å². The third kappa shape index (κ3) is 3.54. The van der Waals surface area contributed by atoms with Gasteiger partial charge in [-0.05, 0) is 35.4 Å². The largest absolute Gasteiger partial charge is 0.497 e. The SMILES string of the molecule is COc1ccc(C(Cl)c2ccc(Br)cc2Br)c(Br)c1. The number of halogens is 4. The van der Waals surface area contributed by atoms with Crippen molar-refractivity contribution in [1.29, 1.82) is 0 Å². The Hall–Kier alpha value is -0.0300. The second-order valence-electron chi connectivity index (χ2n) is 3.92. The molecule has 2 rings (SSSR count). The molecule has 1 unspecified atom stereocenters. The van der Waals surface area contributed by atoms with E-state index in [9.17, 15) is 0 Å². The normalized spacial score (nSPS) is 12.3. The summed E-state index contributed by atoms with van der Waals surface area (Å²) in [7, 11) is 1.64. The molecular formula is C14H10Br3ClO. The Morgan fingerprint density at radius 1 is 0.947 bits per heavy atom. The van der Waals surface area contributed by atoms with E-state index in [0.717, 1.165) is 30.3 Å². The fraction of sp³-hybridized carbons (Fsp3) is 0.143. The van der Waals surface area contributed by atoms with E-state index in [1.54, 1.807) is 7.11 Å². The molecule has 2 aromatic rings. The highest BCUT2D eigenvalue weighted by Crippen LogP contribution is 2.39. The van der Waals surface area contributed by atoms with Gasteiger partial charge in [-0.15, -0.1) is 11.6 Å². The van der Waals surface area contributed by atoms with Crippen LogP contribution in [0.2, 0.25) is 0 Å². The standard InChI is InChI=1S/C14H10Br3ClO/c1-19-9-3-5-11(13(17)7-9)14(18)10-4-2-8(15)6-12(10)16/h2-7,14H,1H3. The maximum Gasteiger partial charge on any atom is 0.120 e. The van der Waals surface area contributed by atoms with Crippen molar-refractivity contribution in [1.82, 2.24) is 0 Å². The Morgan fingerprint density at radius 2 is 1.53 bits per heavy atom. The Balaban J connectivity index is 2.41. The molecular weight excluding hydrogens is 459 g/mol. The fourth-order valence-electron chi connectivity index (χ4n) is 1.71. The van der Waals surface area contributed by atoms with Gasteiger partial charge in [-0.2, -0.15) is 0 Å². The number of hydrogen-bond acceptors (Lipinski definition) is 1. The predicted octanol–water partition coefficient (Wildman–Crippen LogP) is 6.31. The highest BCUT2D eigenvalue weighted by molar-refractivity contribution is 9.11. The van der Waals surface area contributed by atoms with Crippen molar-refractivity contribution in [2.75, 3.05) is 7.11 Å². The summed E-state index contributed by atoms with van der Waals surface area (Å²) in [5.41, 5.74) is 2.03. The average molecular weight is 469 g/mol. The van der Waals surface area contributed by atoms with Crippen LogP contribution in [0.3, 0.4) is 0 Å². The van der Waals surface area contributed by atoms with Crippen LogP contribution in [0.15, 0.2) is 49.8 Å².